The Kier molecular flexibility index (Phi) is 2.27. The quantitative estimate of drug-likeness (QED) is 0.364. The Morgan fingerprint density at radius 3 is 2.72 bits per heavy atom. The summed E-state index contributed by atoms with van der Waals surface area (Å²) in [4.78, 5) is 10.4. The molecule has 3 rings (SSSR count). The summed E-state index contributed by atoms with van der Waals surface area (Å²) in [5.41, 5.74) is 1.27. The fraction of sp³-hybridized carbons (Fsp3) is 0.0667. The average molecular weight is 236 g/mol. The van der Waals surface area contributed by atoms with Crippen molar-refractivity contribution in [2.24, 2.45) is 0 Å². The van der Waals surface area contributed by atoms with E-state index in [1.54, 1.807) is 12.1 Å². The monoisotopic (exact) mass is 236 g/mol. The number of aryl methyl sites for hydroxylation is 1. The van der Waals surface area contributed by atoms with E-state index in [0.29, 0.717) is 0 Å². The topological polar surface area (TPSA) is 43.1 Å². The van der Waals surface area contributed by atoms with Gasteiger partial charge in [-0.2, -0.15) is 0 Å². The van der Waals surface area contributed by atoms with Gasteiger partial charge in [0, 0.05) is 12.1 Å². The molecule has 0 bridgehead atoms. The van der Waals surface area contributed by atoms with Crippen LogP contribution in [-0.2, 0) is 0 Å². The molecule has 3 aromatic rings. The molecule has 0 aliphatic carbocycles. The number of rotatable bonds is 1. The molecule has 0 aromatic heterocycles. The van der Waals surface area contributed by atoms with Gasteiger partial charge in [0.2, 0.25) is 0 Å². The molecule has 87 valence electrons. The first kappa shape index (κ1) is 10.7. The number of nitro groups is 1. The molecule has 0 atom stereocenters. The smallest absolute Gasteiger partial charge is 0.258 e. The van der Waals surface area contributed by atoms with Gasteiger partial charge in [-0.1, -0.05) is 12.1 Å². The summed E-state index contributed by atoms with van der Waals surface area (Å²) in [5, 5.41) is 14.8. The lowest BCUT2D eigenvalue weighted by atomic mass is 10.0. The van der Waals surface area contributed by atoms with Crippen LogP contribution in [0.2, 0.25) is 0 Å². The predicted molar refractivity (Wildman–Crippen MR) is 71.7 cm³/mol. The summed E-state index contributed by atoms with van der Waals surface area (Å²) in [6.07, 6.45) is 0. The number of non-ortho nitro benzene ring substituents is 1. The molecule has 1 radical (unpaired) electrons. The zero-order valence-corrected chi connectivity index (χ0v) is 9.81. The first-order valence-electron chi connectivity index (χ1n) is 5.64. The number of nitro benzene ring substituents is 1. The molecule has 3 aromatic carbocycles. The van der Waals surface area contributed by atoms with Crippen LogP contribution in [0, 0.1) is 23.1 Å². The van der Waals surface area contributed by atoms with Crippen molar-refractivity contribution in [2.75, 3.05) is 0 Å². The minimum atomic E-state index is -0.367. The van der Waals surface area contributed by atoms with E-state index < -0.39 is 0 Å². The highest BCUT2D eigenvalue weighted by molar-refractivity contribution is 5.99. The first-order chi connectivity index (χ1) is 8.65. The highest BCUT2D eigenvalue weighted by Crippen LogP contribution is 2.27. The van der Waals surface area contributed by atoms with Crippen molar-refractivity contribution in [3.63, 3.8) is 0 Å². The van der Waals surface area contributed by atoms with Gasteiger partial charge in [0.1, 0.15) is 0 Å². The van der Waals surface area contributed by atoms with E-state index in [1.807, 2.05) is 31.2 Å². The van der Waals surface area contributed by atoms with E-state index in [2.05, 4.69) is 6.07 Å². The van der Waals surface area contributed by atoms with E-state index in [-0.39, 0.29) is 10.6 Å². The molecule has 0 spiro atoms. The Balaban J connectivity index is 2.39. The van der Waals surface area contributed by atoms with Gasteiger partial charge in [-0.25, -0.2) is 0 Å². The van der Waals surface area contributed by atoms with Crippen LogP contribution in [-0.4, -0.2) is 4.92 Å². The molecule has 3 nitrogen and oxygen atoms in total. The number of hydrogen-bond donors (Lipinski definition) is 0. The SMILES string of the molecule is Cc1cc[c]c2cc3ccc([N+](=O)[O-])cc3cc12. The largest absolute Gasteiger partial charge is 0.270 e. The second kappa shape index (κ2) is 3.81. The third-order valence-corrected chi connectivity index (χ3v) is 3.17. The predicted octanol–water partition coefficient (Wildman–Crippen LogP) is 4.01. The molecule has 18 heavy (non-hydrogen) atoms. The normalized spacial score (nSPS) is 10.9. The van der Waals surface area contributed by atoms with Crippen LogP contribution < -0.4 is 0 Å². The van der Waals surface area contributed by atoms with Crippen LogP contribution in [0.4, 0.5) is 5.69 Å². The number of benzene rings is 3. The van der Waals surface area contributed by atoms with Gasteiger partial charge in [0.15, 0.2) is 0 Å². The van der Waals surface area contributed by atoms with E-state index >= 15 is 0 Å². The van der Waals surface area contributed by atoms with Crippen molar-refractivity contribution < 1.29 is 4.92 Å². The number of nitrogens with zero attached hydrogens (tertiary/aromatic N) is 1. The maximum absolute atomic E-state index is 10.8. The van der Waals surface area contributed by atoms with Crippen LogP contribution in [0.1, 0.15) is 5.56 Å². The summed E-state index contributed by atoms with van der Waals surface area (Å²) >= 11 is 0. The summed E-state index contributed by atoms with van der Waals surface area (Å²) in [7, 11) is 0. The lowest BCUT2D eigenvalue weighted by molar-refractivity contribution is -0.384. The van der Waals surface area contributed by atoms with E-state index in [1.165, 1.54) is 6.07 Å². The van der Waals surface area contributed by atoms with Gasteiger partial charge in [-0.15, -0.1) is 0 Å². The maximum atomic E-state index is 10.8. The second-order valence-corrected chi connectivity index (χ2v) is 4.35. The van der Waals surface area contributed by atoms with Crippen LogP contribution in [0.3, 0.4) is 0 Å². The minimum absolute atomic E-state index is 0.124. The molecule has 0 saturated heterocycles. The molecular formula is C15H10NO2. The fourth-order valence-corrected chi connectivity index (χ4v) is 2.19. The third kappa shape index (κ3) is 1.61. The van der Waals surface area contributed by atoms with E-state index in [0.717, 1.165) is 27.1 Å². The zero-order chi connectivity index (χ0) is 12.7. The summed E-state index contributed by atoms with van der Waals surface area (Å²) in [6.45, 7) is 2.03. The van der Waals surface area contributed by atoms with Crippen molar-refractivity contribution in [1.29, 1.82) is 0 Å². The molecule has 0 unspecified atom stereocenters. The lowest BCUT2D eigenvalue weighted by Crippen LogP contribution is -1.87. The lowest BCUT2D eigenvalue weighted by Gasteiger charge is -2.04. The average Bonchev–Trinajstić information content (AvgIpc) is 2.36. The molecule has 0 aliphatic heterocycles. The Morgan fingerprint density at radius 1 is 1.11 bits per heavy atom. The molecule has 0 N–H and O–H groups in total. The van der Waals surface area contributed by atoms with Crippen LogP contribution in [0.25, 0.3) is 21.5 Å². The van der Waals surface area contributed by atoms with Crippen molar-refractivity contribution in [3.05, 3.63) is 64.2 Å². The molecule has 0 heterocycles. The van der Waals surface area contributed by atoms with Gasteiger partial charge in [-0.05, 0) is 58.3 Å². The summed E-state index contributed by atoms with van der Waals surface area (Å²) in [6, 6.07) is 16.0. The van der Waals surface area contributed by atoms with Crippen LogP contribution >= 0.6 is 0 Å². The first-order valence-corrected chi connectivity index (χ1v) is 5.64. The van der Waals surface area contributed by atoms with Crippen molar-refractivity contribution >= 4 is 27.2 Å². The Bertz CT molecular complexity index is 778. The van der Waals surface area contributed by atoms with Gasteiger partial charge < -0.3 is 0 Å². The van der Waals surface area contributed by atoms with Crippen LogP contribution in [0.5, 0.6) is 0 Å². The molecule has 0 amide bonds. The Labute approximate surface area is 104 Å². The Hall–Kier alpha value is -2.42. The van der Waals surface area contributed by atoms with Gasteiger partial charge >= 0.3 is 0 Å². The standard InChI is InChI=1S/C15H10NO2/c1-10-3-2-4-12-7-11-5-6-14(16(17)18)8-13(11)9-15(10)12/h2-3,5-9H,1H3. The molecule has 3 heteroatoms. The third-order valence-electron chi connectivity index (χ3n) is 3.17. The summed E-state index contributed by atoms with van der Waals surface area (Å²) in [5.74, 6) is 0. The minimum Gasteiger partial charge on any atom is -0.258 e. The maximum Gasteiger partial charge on any atom is 0.270 e. The van der Waals surface area contributed by atoms with Gasteiger partial charge in [0.05, 0.1) is 4.92 Å². The highest BCUT2D eigenvalue weighted by atomic mass is 16.6. The number of hydrogen-bond acceptors (Lipinski definition) is 2. The second-order valence-electron chi connectivity index (χ2n) is 4.35. The molecule has 0 fully saturated rings. The van der Waals surface area contributed by atoms with Crippen molar-refractivity contribution in [1.82, 2.24) is 0 Å². The van der Waals surface area contributed by atoms with E-state index in [9.17, 15) is 10.1 Å². The Morgan fingerprint density at radius 2 is 1.94 bits per heavy atom. The zero-order valence-electron chi connectivity index (χ0n) is 9.81. The molecule has 0 saturated carbocycles. The van der Waals surface area contributed by atoms with Gasteiger partial charge in [-0.3, -0.25) is 10.1 Å². The van der Waals surface area contributed by atoms with Crippen LogP contribution in [0.15, 0.2) is 42.5 Å². The molecule has 0 aliphatic rings. The highest BCUT2D eigenvalue weighted by Gasteiger charge is 2.07. The van der Waals surface area contributed by atoms with Crippen molar-refractivity contribution in [3.8, 4) is 0 Å². The van der Waals surface area contributed by atoms with Gasteiger partial charge in [0.25, 0.3) is 5.69 Å². The fourth-order valence-electron chi connectivity index (χ4n) is 2.19. The number of fused-ring (bicyclic) bond motifs is 2. The molecular weight excluding hydrogens is 226 g/mol. The van der Waals surface area contributed by atoms with E-state index in [4.69, 9.17) is 0 Å². The summed E-state index contributed by atoms with van der Waals surface area (Å²) < 4.78 is 0. The van der Waals surface area contributed by atoms with Crippen molar-refractivity contribution in [2.45, 2.75) is 6.92 Å².